The van der Waals surface area contributed by atoms with Crippen molar-refractivity contribution in [3.05, 3.63) is 50.6 Å². The van der Waals surface area contributed by atoms with Crippen LogP contribution in [0.15, 0.2) is 50.6 Å². The van der Waals surface area contributed by atoms with E-state index in [4.69, 9.17) is 45.0 Å². The predicted octanol–water partition coefficient (Wildman–Crippen LogP) is 0.867. The predicted molar refractivity (Wildman–Crippen MR) is 111 cm³/mol. The summed E-state index contributed by atoms with van der Waals surface area (Å²) in [5.41, 5.74) is 0. The minimum Gasteiger partial charge on any atom is -0.652 e. The van der Waals surface area contributed by atoms with Crippen molar-refractivity contribution in [3.8, 4) is 0 Å². The lowest BCUT2D eigenvalue weighted by atomic mass is 10.4. The van der Waals surface area contributed by atoms with Crippen molar-refractivity contribution in [2.24, 2.45) is 0 Å². The fourth-order valence-electron chi connectivity index (χ4n) is 1.55. The van der Waals surface area contributed by atoms with Crippen LogP contribution in [0.5, 0.6) is 0 Å². The summed E-state index contributed by atoms with van der Waals surface area (Å²) < 4.78 is 1.90. The van der Waals surface area contributed by atoms with Crippen LogP contribution in [0.3, 0.4) is 0 Å². The van der Waals surface area contributed by atoms with E-state index >= 15 is 0 Å². The molecule has 0 saturated heterocycles. The molecular weight excluding hydrogens is 400 g/mol. The minimum atomic E-state index is -2.33. The number of carboxylic acid groups (broad SMARTS) is 6. The molecule has 0 fully saturated rings. The Balaban J connectivity index is -0.0000000923. The van der Waals surface area contributed by atoms with Crippen molar-refractivity contribution in [2.45, 2.75) is 0 Å². The summed E-state index contributed by atoms with van der Waals surface area (Å²) in [6, 6.07) is 0. The Bertz CT molecular complexity index is 424. The first-order chi connectivity index (χ1) is 13.4. The molecule has 30 heavy (non-hydrogen) atoms. The molecule has 4 N–H and O–H groups in total. The Morgan fingerprint density at radius 1 is 0.633 bits per heavy atom. The Morgan fingerprint density at radius 2 is 0.733 bits per heavy atom. The summed E-state index contributed by atoms with van der Waals surface area (Å²) in [5.74, 6) is 0. The molecule has 0 aliphatic heterocycles. The summed E-state index contributed by atoms with van der Waals surface area (Å²) in [5, 5.41) is 44.6. The molecule has 0 bridgehead atoms. The lowest BCUT2D eigenvalue weighted by Gasteiger charge is -2.26. The van der Waals surface area contributed by atoms with Gasteiger partial charge in [0.15, 0.2) is 0 Å². The van der Waals surface area contributed by atoms with Gasteiger partial charge < -0.3 is 44.4 Å². The van der Waals surface area contributed by atoms with Gasteiger partial charge in [0.1, 0.15) is 0 Å². The lowest BCUT2D eigenvalue weighted by molar-refractivity contribution is -0.878. The SMILES string of the molecule is C=CC[N+](C)(C)CC=C.C=CC[N+](C)(C)CC=C.O=C(O)O.O=C(O)O.O=C([O-])[O-]. The molecule has 11 nitrogen and oxygen atoms in total. The second-order valence-electron chi connectivity index (χ2n) is 6.57. The van der Waals surface area contributed by atoms with Gasteiger partial charge in [-0.25, -0.2) is 9.59 Å². The topological polar surface area (TPSA) is 178 Å². The van der Waals surface area contributed by atoms with Crippen LogP contribution < -0.4 is 10.2 Å². The summed E-state index contributed by atoms with van der Waals surface area (Å²) in [6.45, 7) is 18.7. The van der Waals surface area contributed by atoms with Crippen molar-refractivity contribution in [3.63, 3.8) is 0 Å². The zero-order chi connectivity index (χ0) is 25.4. The summed E-state index contributed by atoms with van der Waals surface area (Å²) >= 11 is 0. The van der Waals surface area contributed by atoms with E-state index in [2.05, 4.69) is 54.5 Å². The summed E-state index contributed by atoms with van der Waals surface area (Å²) in [6.07, 6.45) is 1.74. The van der Waals surface area contributed by atoms with Crippen molar-refractivity contribution in [2.75, 3.05) is 54.4 Å². The van der Waals surface area contributed by atoms with Crippen molar-refractivity contribution >= 4 is 18.5 Å². The standard InChI is InChI=1S/2C8H16N.3CH2O3/c2*1-5-7-9(3,4)8-6-2;3*2-1(3)4/h2*5-6H,1-2,7-8H2,3-4H3;3*(H2,2,3,4)/q2*+1;;;/p-2. The van der Waals surface area contributed by atoms with Crippen LogP contribution >= 0.6 is 0 Å². The van der Waals surface area contributed by atoms with E-state index in [0.717, 1.165) is 35.1 Å². The van der Waals surface area contributed by atoms with Crippen molar-refractivity contribution in [1.82, 2.24) is 0 Å². The highest BCUT2D eigenvalue weighted by Crippen LogP contribution is 1.95. The average Bonchev–Trinajstić information content (AvgIpc) is 2.45. The highest BCUT2D eigenvalue weighted by molar-refractivity contribution is 5.53. The fraction of sp³-hybridized carbons (Fsp3) is 0.421. The first-order valence-corrected chi connectivity index (χ1v) is 8.23. The summed E-state index contributed by atoms with van der Waals surface area (Å²) in [4.78, 5) is 25.4. The lowest BCUT2D eigenvalue weighted by Crippen LogP contribution is -2.39. The first-order valence-electron chi connectivity index (χ1n) is 8.23. The summed E-state index contributed by atoms with van der Waals surface area (Å²) in [7, 11) is 8.62. The molecule has 0 rings (SSSR count). The Labute approximate surface area is 178 Å². The third-order valence-corrected chi connectivity index (χ3v) is 2.49. The van der Waals surface area contributed by atoms with Gasteiger partial charge in [0.2, 0.25) is 0 Å². The van der Waals surface area contributed by atoms with Crippen LogP contribution in [0.1, 0.15) is 0 Å². The molecule has 0 saturated carbocycles. The third kappa shape index (κ3) is 86.0. The molecule has 0 heterocycles. The number of carbonyl (C=O) groups is 3. The van der Waals surface area contributed by atoms with E-state index < -0.39 is 18.5 Å². The second-order valence-corrected chi connectivity index (χ2v) is 6.57. The van der Waals surface area contributed by atoms with Gasteiger partial charge >= 0.3 is 12.3 Å². The molecule has 176 valence electrons. The molecule has 0 amide bonds. The molecule has 0 radical (unpaired) electrons. The highest BCUT2D eigenvalue weighted by atomic mass is 16.6. The highest BCUT2D eigenvalue weighted by Gasteiger charge is 2.08. The minimum absolute atomic E-state index is 0.951. The molecule has 11 heteroatoms. The molecular formula is C19H36N2O9. The largest absolute Gasteiger partial charge is 0.652 e. The van der Waals surface area contributed by atoms with Crippen LogP contribution in [0.25, 0.3) is 0 Å². The van der Waals surface area contributed by atoms with Gasteiger partial charge in [-0.15, -0.1) is 0 Å². The molecule has 0 atom stereocenters. The number of hydrogen-bond donors (Lipinski definition) is 4. The van der Waals surface area contributed by atoms with E-state index in [9.17, 15) is 0 Å². The number of nitrogens with zero attached hydrogens (tertiary/aromatic N) is 2. The van der Waals surface area contributed by atoms with Crippen molar-refractivity contribution < 1.29 is 54.0 Å². The molecule has 0 aromatic carbocycles. The molecule has 0 unspecified atom stereocenters. The van der Waals surface area contributed by atoms with Crippen LogP contribution in [0.4, 0.5) is 14.4 Å². The smallest absolute Gasteiger partial charge is 0.503 e. The molecule has 0 aliphatic carbocycles. The van der Waals surface area contributed by atoms with Gasteiger partial charge in [0.05, 0.1) is 54.4 Å². The zero-order valence-electron chi connectivity index (χ0n) is 18.2. The van der Waals surface area contributed by atoms with Gasteiger partial charge in [-0.1, -0.05) is 26.3 Å². The molecule has 0 spiro atoms. The van der Waals surface area contributed by atoms with Gasteiger partial charge in [-0.3, -0.25) is 0 Å². The van der Waals surface area contributed by atoms with E-state index in [-0.39, 0.29) is 0 Å². The number of carbonyl (C=O) groups excluding carboxylic acids is 1. The Kier molecular flexibility index (Phi) is 29.6. The molecule has 0 aromatic heterocycles. The average molecular weight is 437 g/mol. The van der Waals surface area contributed by atoms with Crippen LogP contribution in [0, 0.1) is 0 Å². The monoisotopic (exact) mass is 436 g/mol. The number of likely N-dealkylation sites (N-methyl/N-ethyl adjacent to an activating group) is 2. The maximum absolute atomic E-state index is 8.56. The van der Waals surface area contributed by atoms with Gasteiger partial charge in [0.25, 0.3) is 0 Å². The van der Waals surface area contributed by atoms with Crippen molar-refractivity contribution in [1.29, 1.82) is 0 Å². The third-order valence-electron chi connectivity index (χ3n) is 2.49. The Morgan fingerprint density at radius 3 is 0.800 bits per heavy atom. The van der Waals surface area contributed by atoms with Crippen LogP contribution in [-0.4, -0.2) is 102 Å². The molecule has 0 aromatic rings. The maximum Gasteiger partial charge on any atom is 0.503 e. The van der Waals surface area contributed by atoms with Crippen LogP contribution in [-0.2, 0) is 0 Å². The van der Waals surface area contributed by atoms with Crippen LogP contribution in [0.2, 0.25) is 0 Å². The number of hydrogen-bond acceptors (Lipinski definition) is 5. The maximum atomic E-state index is 8.56. The van der Waals surface area contributed by atoms with Gasteiger partial charge in [-0.05, 0) is 30.5 Å². The molecule has 0 aliphatic rings. The quantitative estimate of drug-likeness (QED) is 0.317. The number of rotatable bonds is 8. The fourth-order valence-corrected chi connectivity index (χ4v) is 1.55. The van der Waals surface area contributed by atoms with E-state index in [1.807, 2.05) is 24.3 Å². The normalized spacial score (nSPS) is 8.93. The van der Waals surface area contributed by atoms with Gasteiger partial charge in [-0.2, -0.15) is 0 Å². The second kappa shape index (κ2) is 23.7. The first kappa shape index (κ1) is 37.4. The van der Waals surface area contributed by atoms with E-state index in [0.29, 0.717) is 0 Å². The number of quaternary nitrogens is 2. The van der Waals surface area contributed by atoms with E-state index in [1.165, 1.54) is 0 Å². The zero-order valence-corrected chi connectivity index (χ0v) is 18.2. The Hall–Kier alpha value is -3.31. The van der Waals surface area contributed by atoms with E-state index in [1.54, 1.807) is 0 Å². The van der Waals surface area contributed by atoms with Gasteiger partial charge in [0, 0.05) is 0 Å².